The van der Waals surface area contributed by atoms with Gasteiger partial charge in [0.05, 0.1) is 26.4 Å². The van der Waals surface area contributed by atoms with E-state index in [0.717, 1.165) is 108 Å². The Morgan fingerprint density at radius 1 is 0.290 bits per heavy atom. The molecule has 6 atom stereocenters. The summed E-state index contributed by atoms with van der Waals surface area (Å²) in [7, 11) is -9.92. The van der Waals surface area contributed by atoms with Crippen LogP contribution in [0.5, 0.6) is 0 Å². The van der Waals surface area contributed by atoms with Crippen molar-refractivity contribution in [2.24, 2.45) is 17.8 Å². The average molecular weight is 1470 g/mol. The van der Waals surface area contributed by atoms with Crippen LogP contribution in [0.25, 0.3) is 0 Å². The highest BCUT2D eigenvalue weighted by Gasteiger charge is 2.30. The Hall–Kier alpha value is -1.94. The van der Waals surface area contributed by atoms with Crippen molar-refractivity contribution in [3.05, 3.63) is 0 Å². The standard InChI is InChI=1S/C81H158O17P2/c1-8-10-11-12-13-14-15-16-21-25-28-34-41-48-55-62-78(83)91-68-76(97-80(85)64-57-50-42-35-29-26-23-20-18-17-19-22-24-27-33-40-47-54-61-74(7)9-2)70-95-99(87,88)93-66-75(82)67-94-100(89,90)96-71-77(69-92-79(84)63-56-49-44-37-39-46-53-60-73(5)6)98-81(86)65-58-51-43-36-31-30-32-38-45-52-59-72(3)4/h72-77,82H,8-71H2,1-7H3,(H,87,88)(H,89,90)/t74?,75-,76-,77-/m1/s1. The summed E-state index contributed by atoms with van der Waals surface area (Å²) < 4.78 is 68.7. The Morgan fingerprint density at radius 3 is 0.760 bits per heavy atom. The second kappa shape index (κ2) is 71.3. The molecule has 0 amide bonds. The molecular weight excluding hydrogens is 1310 g/mol. The molecule has 3 N–H and O–H groups in total. The van der Waals surface area contributed by atoms with E-state index in [1.54, 1.807) is 0 Å². The fourth-order valence-electron chi connectivity index (χ4n) is 12.5. The highest BCUT2D eigenvalue weighted by Crippen LogP contribution is 2.45. The number of hydrogen-bond acceptors (Lipinski definition) is 15. The molecule has 0 rings (SSSR count). The number of phosphoric acid groups is 2. The summed E-state index contributed by atoms with van der Waals surface area (Å²) in [5.74, 6) is 0.216. The first-order valence-electron chi connectivity index (χ1n) is 41.9. The molecule has 0 heterocycles. The molecule has 19 heteroatoms. The van der Waals surface area contributed by atoms with E-state index >= 15 is 0 Å². The van der Waals surface area contributed by atoms with Gasteiger partial charge in [-0.15, -0.1) is 0 Å². The fraction of sp³-hybridized carbons (Fsp3) is 0.951. The molecule has 594 valence electrons. The van der Waals surface area contributed by atoms with Gasteiger partial charge in [-0.3, -0.25) is 37.3 Å². The SMILES string of the molecule is CCCCCCCCCCCCCCCCCC(=O)OC[C@H](COP(=O)(O)OC[C@@H](O)COP(=O)(O)OC[C@@H](COC(=O)CCCCCCCCCC(C)C)OC(=O)CCCCCCCCCCCCC(C)C)OC(=O)CCCCCCCCCCCCCCCCCCCCC(C)CC. The van der Waals surface area contributed by atoms with Crippen LogP contribution < -0.4 is 0 Å². The van der Waals surface area contributed by atoms with Crippen molar-refractivity contribution in [2.75, 3.05) is 39.6 Å². The molecule has 0 saturated heterocycles. The molecule has 3 unspecified atom stereocenters. The molecule has 0 radical (unpaired) electrons. The fourth-order valence-corrected chi connectivity index (χ4v) is 14.0. The molecule has 0 bridgehead atoms. The second-order valence-corrected chi connectivity index (χ2v) is 33.3. The number of phosphoric ester groups is 2. The lowest BCUT2D eigenvalue weighted by Gasteiger charge is -2.21. The van der Waals surface area contributed by atoms with Crippen LogP contribution in [0.3, 0.4) is 0 Å². The zero-order valence-electron chi connectivity index (χ0n) is 65.7. The Bertz CT molecular complexity index is 1940. The van der Waals surface area contributed by atoms with Crippen LogP contribution in [0.4, 0.5) is 0 Å². The van der Waals surface area contributed by atoms with Crippen molar-refractivity contribution < 1.29 is 80.2 Å². The minimum atomic E-state index is -4.96. The van der Waals surface area contributed by atoms with E-state index in [4.69, 9.17) is 37.0 Å². The number of rotatable bonds is 79. The summed E-state index contributed by atoms with van der Waals surface area (Å²) in [5, 5.41) is 10.6. The Morgan fingerprint density at radius 2 is 0.510 bits per heavy atom. The Labute approximate surface area is 613 Å². The van der Waals surface area contributed by atoms with E-state index in [1.807, 2.05) is 0 Å². The third-order valence-electron chi connectivity index (χ3n) is 19.2. The van der Waals surface area contributed by atoms with E-state index in [1.165, 1.54) is 225 Å². The normalized spacial score (nSPS) is 14.2. The van der Waals surface area contributed by atoms with Crippen molar-refractivity contribution >= 4 is 39.5 Å². The first kappa shape index (κ1) is 98.1. The van der Waals surface area contributed by atoms with E-state index in [-0.39, 0.29) is 25.7 Å². The highest BCUT2D eigenvalue weighted by atomic mass is 31.2. The summed E-state index contributed by atoms with van der Waals surface area (Å²) in [6, 6.07) is 0. The van der Waals surface area contributed by atoms with Gasteiger partial charge in [-0.1, -0.05) is 370 Å². The topological polar surface area (TPSA) is 237 Å². The molecular formula is C81H158O17P2. The monoisotopic (exact) mass is 1470 g/mol. The maximum atomic E-state index is 13.1. The van der Waals surface area contributed by atoms with E-state index < -0.39 is 97.5 Å². The summed E-state index contributed by atoms with van der Waals surface area (Å²) in [6.45, 7) is 11.9. The van der Waals surface area contributed by atoms with Gasteiger partial charge in [0.25, 0.3) is 0 Å². The van der Waals surface area contributed by atoms with Gasteiger partial charge in [0.15, 0.2) is 12.2 Å². The van der Waals surface area contributed by atoms with Gasteiger partial charge < -0.3 is 33.8 Å². The van der Waals surface area contributed by atoms with Crippen LogP contribution in [0, 0.1) is 17.8 Å². The van der Waals surface area contributed by atoms with Crippen LogP contribution in [0.2, 0.25) is 0 Å². The lowest BCUT2D eigenvalue weighted by Crippen LogP contribution is -2.30. The molecule has 0 aromatic heterocycles. The number of carbonyl (C=O) groups excluding carboxylic acids is 4. The smallest absolute Gasteiger partial charge is 0.462 e. The maximum Gasteiger partial charge on any atom is 0.472 e. The molecule has 0 aliphatic carbocycles. The summed E-state index contributed by atoms with van der Waals surface area (Å²) in [5.41, 5.74) is 0. The molecule has 17 nitrogen and oxygen atoms in total. The quantitative estimate of drug-likeness (QED) is 0.0222. The highest BCUT2D eigenvalue weighted by molar-refractivity contribution is 7.47. The third-order valence-corrected chi connectivity index (χ3v) is 21.1. The summed E-state index contributed by atoms with van der Waals surface area (Å²) in [4.78, 5) is 73.0. The predicted molar refractivity (Wildman–Crippen MR) is 409 cm³/mol. The van der Waals surface area contributed by atoms with Crippen molar-refractivity contribution in [2.45, 2.75) is 439 Å². The van der Waals surface area contributed by atoms with E-state index in [2.05, 4.69) is 48.5 Å². The van der Waals surface area contributed by atoms with Crippen molar-refractivity contribution in [3.8, 4) is 0 Å². The molecule has 0 spiro atoms. The van der Waals surface area contributed by atoms with Crippen molar-refractivity contribution in [1.29, 1.82) is 0 Å². The number of esters is 4. The van der Waals surface area contributed by atoms with Crippen molar-refractivity contribution in [1.82, 2.24) is 0 Å². The zero-order valence-corrected chi connectivity index (χ0v) is 67.5. The molecule has 0 fully saturated rings. The van der Waals surface area contributed by atoms with Gasteiger partial charge in [0, 0.05) is 25.7 Å². The molecule has 0 aliphatic rings. The van der Waals surface area contributed by atoms with Crippen LogP contribution in [0.15, 0.2) is 0 Å². The minimum absolute atomic E-state index is 0.105. The second-order valence-electron chi connectivity index (χ2n) is 30.4. The number of unbranched alkanes of at least 4 members (excludes halogenated alkanes) is 46. The number of hydrogen-bond donors (Lipinski definition) is 3. The molecule has 100 heavy (non-hydrogen) atoms. The summed E-state index contributed by atoms with van der Waals surface area (Å²) >= 11 is 0. The lowest BCUT2D eigenvalue weighted by atomic mass is 9.99. The molecule has 0 aromatic rings. The van der Waals surface area contributed by atoms with Gasteiger partial charge in [-0.2, -0.15) is 0 Å². The van der Waals surface area contributed by atoms with Gasteiger partial charge >= 0.3 is 39.5 Å². The Balaban J connectivity index is 5.21. The maximum absolute atomic E-state index is 13.1. The minimum Gasteiger partial charge on any atom is -0.462 e. The molecule has 0 aromatic carbocycles. The van der Waals surface area contributed by atoms with Crippen molar-refractivity contribution in [3.63, 3.8) is 0 Å². The Kier molecular flexibility index (Phi) is 69.9. The van der Waals surface area contributed by atoms with E-state index in [9.17, 15) is 43.2 Å². The number of ether oxygens (including phenoxy) is 4. The first-order valence-corrected chi connectivity index (χ1v) is 44.9. The average Bonchev–Trinajstić information content (AvgIpc) is 0.923. The predicted octanol–water partition coefficient (Wildman–Crippen LogP) is 24.1. The molecule has 0 aliphatic heterocycles. The summed E-state index contributed by atoms with van der Waals surface area (Å²) in [6.07, 6.45) is 59.8. The van der Waals surface area contributed by atoms with E-state index in [0.29, 0.717) is 31.6 Å². The van der Waals surface area contributed by atoms with Crippen LogP contribution in [-0.2, 0) is 65.4 Å². The van der Waals surface area contributed by atoms with Crippen LogP contribution in [0.1, 0.15) is 421 Å². The third kappa shape index (κ3) is 73.0. The van der Waals surface area contributed by atoms with Crippen LogP contribution >= 0.6 is 15.6 Å². The largest absolute Gasteiger partial charge is 0.472 e. The van der Waals surface area contributed by atoms with Gasteiger partial charge in [0.2, 0.25) is 0 Å². The lowest BCUT2D eigenvalue weighted by molar-refractivity contribution is -0.161. The number of aliphatic hydroxyl groups excluding tert-OH is 1. The van der Waals surface area contributed by atoms with Gasteiger partial charge in [-0.05, 0) is 43.4 Å². The van der Waals surface area contributed by atoms with Gasteiger partial charge in [-0.25, -0.2) is 9.13 Å². The number of aliphatic hydroxyl groups is 1. The first-order chi connectivity index (χ1) is 48.3. The zero-order chi connectivity index (χ0) is 73.7. The van der Waals surface area contributed by atoms with Gasteiger partial charge in [0.1, 0.15) is 19.3 Å². The van der Waals surface area contributed by atoms with Crippen LogP contribution in [-0.4, -0.2) is 96.7 Å². The molecule has 0 saturated carbocycles. The number of carbonyl (C=O) groups is 4.